The highest BCUT2D eigenvalue weighted by Gasteiger charge is 2.29. The molecule has 1 rings (SSSR count). The van der Waals surface area contributed by atoms with E-state index in [9.17, 15) is 10.2 Å². The zero-order valence-corrected chi connectivity index (χ0v) is 11.1. The average molecular weight is 332 g/mol. The van der Waals surface area contributed by atoms with Crippen molar-refractivity contribution in [3.8, 4) is 0 Å². The fourth-order valence-corrected chi connectivity index (χ4v) is 2.57. The van der Waals surface area contributed by atoms with Gasteiger partial charge in [0.1, 0.15) is 0 Å². The van der Waals surface area contributed by atoms with Crippen molar-refractivity contribution in [3.63, 3.8) is 0 Å². The summed E-state index contributed by atoms with van der Waals surface area (Å²) < 4.78 is 5.51. The van der Waals surface area contributed by atoms with Crippen LogP contribution >= 0.6 is 31.9 Å². The highest BCUT2D eigenvalue weighted by atomic mass is 79.9. The van der Waals surface area contributed by atoms with E-state index in [1.165, 1.54) is 0 Å². The van der Waals surface area contributed by atoms with Crippen LogP contribution < -0.4 is 0 Å². The molecule has 3 nitrogen and oxygen atoms in total. The molecule has 0 aromatic rings. The van der Waals surface area contributed by atoms with Crippen molar-refractivity contribution >= 4 is 31.9 Å². The van der Waals surface area contributed by atoms with Gasteiger partial charge in [-0.05, 0) is 12.8 Å². The van der Waals surface area contributed by atoms with Gasteiger partial charge >= 0.3 is 0 Å². The van der Waals surface area contributed by atoms with Crippen LogP contribution in [-0.4, -0.2) is 45.8 Å². The lowest BCUT2D eigenvalue weighted by atomic mass is 9.93. The Kier molecular flexibility index (Phi) is 5.93. The van der Waals surface area contributed by atoms with Gasteiger partial charge in [-0.1, -0.05) is 31.9 Å². The molecule has 84 valence electrons. The molecular formula is C9H16Br2O3. The first-order valence-corrected chi connectivity index (χ1v) is 7.03. The van der Waals surface area contributed by atoms with Gasteiger partial charge in [0.2, 0.25) is 0 Å². The van der Waals surface area contributed by atoms with Gasteiger partial charge in [0.05, 0.1) is 24.9 Å². The molecule has 0 amide bonds. The van der Waals surface area contributed by atoms with E-state index in [0.717, 1.165) is 12.8 Å². The van der Waals surface area contributed by atoms with Crippen LogP contribution in [0.25, 0.3) is 0 Å². The largest absolute Gasteiger partial charge is 0.392 e. The predicted molar refractivity (Wildman–Crippen MR) is 62.1 cm³/mol. The van der Waals surface area contributed by atoms with Gasteiger partial charge in [0.15, 0.2) is 0 Å². The van der Waals surface area contributed by atoms with Crippen LogP contribution in [0.15, 0.2) is 0 Å². The third kappa shape index (κ3) is 3.45. The van der Waals surface area contributed by atoms with E-state index in [-0.39, 0.29) is 18.1 Å². The van der Waals surface area contributed by atoms with Crippen molar-refractivity contribution in [2.45, 2.75) is 31.2 Å². The summed E-state index contributed by atoms with van der Waals surface area (Å²) in [5, 5.41) is 20.2. The minimum absolute atomic E-state index is 0.0758. The quantitative estimate of drug-likeness (QED) is 0.763. The van der Waals surface area contributed by atoms with Gasteiger partial charge in [-0.2, -0.15) is 0 Å². The second-order valence-electron chi connectivity index (χ2n) is 3.65. The number of aliphatic hydroxyl groups excluding tert-OH is 2. The fourth-order valence-electron chi connectivity index (χ4n) is 1.62. The molecule has 0 aliphatic carbocycles. The lowest BCUT2D eigenvalue weighted by Crippen LogP contribution is -2.40. The lowest BCUT2D eigenvalue weighted by molar-refractivity contribution is -0.0914. The van der Waals surface area contributed by atoms with E-state index in [4.69, 9.17) is 4.74 Å². The molecule has 1 fully saturated rings. The van der Waals surface area contributed by atoms with E-state index >= 15 is 0 Å². The van der Waals surface area contributed by atoms with Gasteiger partial charge in [0.25, 0.3) is 0 Å². The molecule has 1 saturated heterocycles. The van der Waals surface area contributed by atoms with Crippen molar-refractivity contribution in [2.24, 2.45) is 5.92 Å². The summed E-state index contributed by atoms with van der Waals surface area (Å²) in [4.78, 5) is 0. The van der Waals surface area contributed by atoms with Gasteiger partial charge in [-0.15, -0.1) is 0 Å². The Labute approximate surface area is 101 Å². The van der Waals surface area contributed by atoms with Crippen molar-refractivity contribution in [2.75, 3.05) is 17.3 Å². The number of hydrogen-bond acceptors (Lipinski definition) is 3. The minimum atomic E-state index is -0.433. The monoisotopic (exact) mass is 330 g/mol. The number of alkyl halides is 2. The number of halogens is 2. The maximum Gasteiger partial charge on any atom is 0.0898 e. The highest BCUT2D eigenvalue weighted by molar-refractivity contribution is 9.09. The molecule has 1 heterocycles. The van der Waals surface area contributed by atoms with Gasteiger partial charge in [0, 0.05) is 16.6 Å². The molecule has 0 aromatic carbocycles. The Morgan fingerprint density at radius 2 is 1.79 bits per heavy atom. The van der Waals surface area contributed by atoms with Crippen molar-refractivity contribution in [1.82, 2.24) is 0 Å². The molecule has 1 aliphatic heterocycles. The van der Waals surface area contributed by atoms with E-state index in [1.807, 2.05) is 0 Å². The molecule has 4 atom stereocenters. The van der Waals surface area contributed by atoms with E-state index in [2.05, 4.69) is 31.9 Å². The van der Waals surface area contributed by atoms with E-state index < -0.39 is 6.10 Å². The highest BCUT2D eigenvalue weighted by Crippen LogP contribution is 2.24. The third-order valence-corrected chi connectivity index (χ3v) is 3.96. The molecule has 0 aromatic heterocycles. The standard InChI is InChI=1S/C9H16Br2O3/c10-3-7(12)6-1-2-9(14-5-6)8(13)4-11/h6-9,12-13H,1-5H2. The lowest BCUT2D eigenvalue weighted by Gasteiger charge is -2.33. The first kappa shape index (κ1) is 12.9. The summed E-state index contributed by atoms with van der Waals surface area (Å²) in [5.41, 5.74) is 0. The topological polar surface area (TPSA) is 49.7 Å². The average Bonchev–Trinajstić information content (AvgIpc) is 2.27. The number of rotatable bonds is 4. The molecule has 0 saturated carbocycles. The summed E-state index contributed by atoms with van der Waals surface area (Å²) in [5.74, 6) is 0.202. The van der Waals surface area contributed by atoms with E-state index in [0.29, 0.717) is 17.3 Å². The molecule has 0 radical (unpaired) electrons. The second-order valence-corrected chi connectivity index (χ2v) is 4.95. The molecule has 4 unspecified atom stereocenters. The Balaban J connectivity index is 2.31. The van der Waals surface area contributed by atoms with Crippen LogP contribution in [0, 0.1) is 5.92 Å². The summed E-state index contributed by atoms with van der Waals surface area (Å²) in [6.45, 7) is 0.543. The van der Waals surface area contributed by atoms with Crippen LogP contribution in [0.5, 0.6) is 0 Å². The number of hydrogen-bond donors (Lipinski definition) is 2. The normalized spacial score (nSPS) is 32.6. The van der Waals surface area contributed by atoms with Gasteiger partial charge in [-0.3, -0.25) is 0 Å². The molecule has 1 aliphatic rings. The molecule has 5 heteroatoms. The zero-order valence-electron chi connectivity index (χ0n) is 7.90. The van der Waals surface area contributed by atoms with Gasteiger partial charge < -0.3 is 14.9 Å². The molecule has 14 heavy (non-hydrogen) atoms. The first-order chi connectivity index (χ1) is 6.69. The summed E-state index contributed by atoms with van der Waals surface area (Å²) in [6.07, 6.45) is 0.894. The maximum atomic E-state index is 9.57. The fraction of sp³-hybridized carbons (Fsp3) is 1.00. The second kappa shape index (κ2) is 6.43. The third-order valence-electron chi connectivity index (χ3n) is 2.64. The van der Waals surface area contributed by atoms with Crippen LogP contribution in [-0.2, 0) is 4.74 Å². The van der Waals surface area contributed by atoms with Crippen molar-refractivity contribution in [1.29, 1.82) is 0 Å². The van der Waals surface area contributed by atoms with Crippen molar-refractivity contribution in [3.05, 3.63) is 0 Å². The Morgan fingerprint density at radius 1 is 1.14 bits per heavy atom. The number of ether oxygens (including phenoxy) is 1. The smallest absolute Gasteiger partial charge is 0.0898 e. The zero-order chi connectivity index (χ0) is 10.6. The Bertz CT molecular complexity index is 142. The van der Waals surface area contributed by atoms with Crippen LogP contribution in [0.3, 0.4) is 0 Å². The maximum absolute atomic E-state index is 9.57. The Hall–Kier alpha value is 0.840. The molecule has 2 N–H and O–H groups in total. The summed E-state index contributed by atoms with van der Waals surface area (Å²) >= 11 is 6.47. The molecule has 0 spiro atoms. The predicted octanol–water partition coefficient (Wildman–Crippen LogP) is 1.29. The SMILES string of the molecule is OC(CBr)C1CCC(C(O)CBr)OC1. The van der Waals surface area contributed by atoms with Crippen LogP contribution in [0.2, 0.25) is 0 Å². The summed E-state index contributed by atoms with van der Waals surface area (Å²) in [7, 11) is 0. The Morgan fingerprint density at radius 3 is 2.21 bits per heavy atom. The summed E-state index contributed by atoms with van der Waals surface area (Å²) in [6, 6.07) is 0. The molecule has 0 bridgehead atoms. The number of aliphatic hydroxyl groups is 2. The van der Waals surface area contributed by atoms with Crippen molar-refractivity contribution < 1.29 is 14.9 Å². The van der Waals surface area contributed by atoms with Crippen LogP contribution in [0.4, 0.5) is 0 Å². The van der Waals surface area contributed by atoms with Crippen LogP contribution in [0.1, 0.15) is 12.8 Å². The minimum Gasteiger partial charge on any atom is -0.392 e. The molecular weight excluding hydrogens is 316 g/mol. The van der Waals surface area contributed by atoms with Gasteiger partial charge in [-0.25, -0.2) is 0 Å². The first-order valence-electron chi connectivity index (χ1n) is 4.78. The van der Waals surface area contributed by atoms with E-state index in [1.54, 1.807) is 0 Å².